The zero-order chi connectivity index (χ0) is 18.4. The van der Waals surface area contributed by atoms with Gasteiger partial charge in [-0.15, -0.1) is 0 Å². The van der Waals surface area contributed by atoms with Crippen LogP contribution in [0.5, 0.6) is 5.75 Å². The highest BCUT2D eigenvalue weighted by atomic mass is 16.5. The molecule has 1 aromatic rings. The molecule has 0 atom stereocenters. The predicted molar refractivity (Wildman–Crippen MR) is 106 cm³/mol. The first-order valence-corrected chi connectivity index (χ1v) is 10.1. The summed E-state index contributed by atoms with van der Waals surface area (Å²) in [5, 5.41) is 0. The van der Waals surface area contributed by atoms with Crippen LogP contribution in [0.1, 0.15) is 56.3 Å². The Morgan fingerprint density at radius 1 is 1.08 bits per heavy atom. The number of likely N-dealkylation sites (tertiary alicyclic amines) is 2. The lowest BCUT2D eigenvalue weighted by Gasteiger charge is -2.32. The number of ether oxygens (including phenoxy) is 1. The number of amides is 1. The maximum atomic E-state index is 12.5. The Hall–Kier alpha value is -1.81. The topological polar surface area (TPSA) is 32.8 Å². The molecule has 2 aliphatic heterocycles. The van der Waals surface area contributed by atoms with E-state index in [1.807, 2.05) is 29.2 Å². The molecule has 3 rings (SSSR count). The van der Waals surface area contributed by atoms with E-state index in [4.69, 9.17) is 4.74 Å². The first-order chi connectivity index (χ1) is 12.7. The van der Waals surface area contributed by atoms with Crippen molar-refractivity contribution in [3.63, 3.8) is 0 Å². The summed E-state index contributed by atoms with van der Waals surface area (Å²) < 4.78 is 6.15. The summed E-state index contributed by atoms with van der Waals surface area (Å²) in [6.45, 7) is 9.31. The molecule has 142 valence electrons. The van der Waals surface area contributed by atoms with Gasteiger partial charge in [0, 0.05) is 38.3 Å². The van der Waals surface area contributed by atoms with Crippen LogP contribution in [-0.2, 0) is 0 Å². The van der Waals surface area contributed by atoms with Crippen LogP contribution < -0.4 is 4.74 Å². The third-order valence-corrected chi connectivity index (χ3v) is 5.55. The Bertz CT molecular complexity index is 610. The number of rotatable bonds is 5. The Morgan fingerprint density at radius 3 is 2.35 bits per heavy atom. The zero-order valence-electron chi connectivity index (χ0n) is 16.2. The fraction of sp³-hybridized carbons (Fsp3) is 0.591. The molecule has 2 saturated heterocycles. The maximum Gasteiger partial charge on any atom is 0.253 e. The van der Waals surface area contributed by atoms with Crippen LogP contribution in [0.15, 0.2) is 35.9 Å². The molecule has 1 amide bonds. The van der Waals surface area contributed by atoms with Crippen LogP contribution in [-0.4, -0.2) is 54.5 Å². The van der Waals surface area contributed by atoms with Crippen LogP contribution in [0.3, 0.4) is 0 Å². The Balaban J connectivity index is 1.48. The number of hydrogen-bond acceptors (Lipinski definition) is 3. The maximum absolute atomic E-state index is 12.5. The van der Waals surface area contributed by atoms with E-state index in [1.165, 1.54) is 12.0 Å². The largest absolute Gasteiger partial charge is 0.490 e. The average molecular weight is 357 g/mol. The highest BCUT2D eigenvalue weighted by Crippen LogP contribution is 2.21. The molecule has 4 heteroatoms. The molecule has 2 aliphatic rings. The van der Waals surface area contributed by atoms with Gasteiger partial charge in [-0.05, 0) is 70.2 Å². The Labute approximate surface area is 157 Å². The molecular weight excluding hydrogens is 324 g/mol. The number of carbonyl (C=O) groups is 1. The molecule has 0 N–H and O–H groups in total. The lowest BCUT2D eigenvalue weighted by atomic mass is 10.1. The Morgan fingerprint density at radius 2 is 1.73 bits per heavy atom. The lowest BCUT2D eigenvalue weighted by Crippen LogP contribution is -2.39. The second-order valence-corrected chi connectivity index (χ2v) is 7.61. The summed E-state index contributed by atoms with van der Waals surface area (Å²) in [5.41, 5.74) is 2.20. The van der Waals surface area contributed by atoms with Gasteiger partial charge in [0.25, 0.3) is 5.91 Å². The first kappa shape index (κ1) is 19.0. The van der Waals surface area contributed by atoms with Crippen LogP contribution in [0.4, 0.5) is 0 Å². The van der Waals surface area contributed by atoms with Crippen molar-refractivity contribution in [2.75, 3.05) is 32.7 Å². The van der Waals surface area contributed by atoms with E-state index in [1.54, 1.807) is 0 Å². The predicted octanol–water partition coefficient (Wildman–Crippen LogP) is 4.12. The van der Waals surface area contributed by atoms with E-state index in [0.717, 1.165) is 69.7 Å². The molecule has 0 radical (unpaired) electrons. The summed E-state index contributed by atoms with van der Waals surface area (Å²) >= 11 is 0. The van der Waals surface area contributed by atoms with Gasteiger partial charge in [-0.2, -0.15) is 0 Å². The highest BCUT2D eigenvalue weighted by Gasteiger charge is 2.21. The minimum absolute atomic E-state index is 0.156. The van der Waals surface area contributed by atoms with Crippen LogP contribution in [0.25, 0.3) is 0 Å². The fourth-order valence-corrected chi connectivity index (χ4v) is 3.78. The van der Waals surface area contributed by atoms with Crippen molar-refractivity contribution >= 4 is 5.91 Å². The van der Waals surface area contributed by atoms with Crippen molar-refractivity contribution < 1.29 is 9.53 Å². The van der Waals surface area contributed by atoms with E-state index >= 15 is 0 Å². The molecule has 0 aromatic heterocycles. The molecule has 0 aliphatic carbocycles. The molecule has 0 saturated carbocycles. The van der Waals surface area contributed by atoms with Crippen molar-refractivity contribution in [3.05, 3.63) is 41.5 Å². The minimum Gasteiger partial charge on any atom is -0.490 e. The standard InChI is InChI=1S/C22H32N2O2/c1-3-18(2)17-23-15-11-21(12-16-23)26-20-9-7-19(8-10-20)22(25)24-13-5-4-6-14-24/h3,7-10,21H,4-6,11-17H2,1-2H3. The number of piperidine rings is 2. The lowest BCUT2D eigenvalue weighted by molar-refractivity contribution is 0.0724. The Kier molecular flexibility index (Phi) is 6.73. The monoisotopic (exact) mass is 356 g/mol. The summed E-state index contributed by atoms with van der Waals surface area (Å²) in [6.07, 6.45) is 8.08. The number of nitrogens with zero attached hydrogens (tertiary/aromatic N) is 2. The third-order valence-electron chi connectivity index (χ3n) is 5.55. The quantitative estimate of drug-likeness (QED) is 0.744. The molecule has 0 bridgehead atoms. The third kappa shape index (κ3) is 5.10. The number of allylic oxidation sites excluding steroid dienone is 1. The molecule has 4 nitrogen and oxygen atoms in total. The van der Waals surface area contributed by atoms with Gasteiger partial charge in [0.1, 0.15) is 11.9 Å². The second kappa shape index (κ2) is 9.22. The molecular formula is C22H32N2O2. The molecule has 26 heavy (non-hydrogen) atoms. The normalized spacial score (nSPS) is 20.2. The van der Waals surface area contributed by atoms with E-state index in [2.05, 4.69) is 24.8 Å². The summed E-state index contributed by atoms with van der Waals surface area (Å²) in [5.74, 6) is 1.03. The van der Waals surface area contributed by atoms with Gasteiger partial charge in [0.05, 0.1) is 0 Å². The first-order valence-electron chi connectivity index (χ1n) is 10.1. The van der Waals surface area contributed by atoms with Crippen molar-refractivity contribution in [1.82, 2.24) is 9.80 Å². The van der Waals surface area contributed by atoms with E-state index < -0.39 is 0 Å². The van der Waals surface area contributed by atoms with Gasteiger partial charge < -0.3 is 9.64 Å². The molecule has 0 unspecified atom stereocenters. The number of benzene rings is 1. The van der Waals surface area contributed by atoms with Crippen LogP contribution in [0.2, 0.25) is 0 Å². The molecule has 2 fully saturated rings. The van der Waals surface area contributed by atoms with Crippen LogP contribution in [0, 0.1) is 0 Å². The fourth-order valence-electron chi connectivity index (χ4n) is 3.78. The van der Waals surface area contributed by atoms with E-state index in [-0.39, 0.29) is 12.0 Å². The van der Waals surface area contributed by atoms with Crippen molar-refractivity contribution in [2.24, 2.45) is 0 Å². The molecule has 0 spiro atoms. The van der Waals surface area contributed by atoms with Crippen molar-refractivity contribution in [1.29, 1.82) is 0 Å². The van der Waals surface area contributed by atoms with Crippen molar-refractivity contribution in [2.45, 2.75) is 52.1 Å². The van der Waals surface area contributed by atoms with Gasteiger partial charge >= 0.3 is 0 Å². The van der Waals surface area contributed by atoms with E-state index in [9.17, 15) is 4.79 Å². The number of hydrogen-bond donors (Lipinski definition) is 0. The second-order valence-electron chi connectivity index (χ2n) is 7.61. The summed E-state index contributed by atoms with van der Waals surface area (Å²) in [4.78, 5) is 17.0. The summed E-state index contributed by atoms with van der Waals surface area (Å²) in [7, 11) is 0. The van der Waals surface area contributed by atoms with Gasteiger partial charge in [-0.1, -0.05) is 11.6 Å². The summed E-state index contributed by atoms with van der Waals surface area (Å²) in [6, 6.07) is 7.73. The smallest absolute Gasteiger partial charge is 0.253 e. The van der Waals surface area contributed by atoms with Gasteiger partial charge in [0.15, 0.2) is 0 Å². The zero-order valence-corrected chi connectivity index (χ0v) is 16.2. The minimum atomic E-state index is 0.156. The molecule has 1 aromatic carbocycles. The number of carbonyl (C=O) groups excluding carboxylic acids is 1. The van der Waals surface area contributed by atoms with Gasteiger partial charge in [-0.3, -0.25) is 9.69 Å². The van der Waals surface area contributed by atoms with Gasteiger partial charge in [-0.25, -0.2) is 0 Å². The molecule has 2 heterocycles. The van der Waals surface area contributed by atoms with Crippen molar-refractivity contribution in [3.8, 4) is 5.75 Å². The van der Waals surface area contributed by atoms with Gasteiger partial charge in [0.2, 0.25) is 0 Å². The van der Waals surface area contributed by atoms with E-state index in [0.29, 0.717) is 0 Å². The highest BCUT2D eigenvalue weighted by molar-refractivity contribution is 5.94. The SMILES string of the molecule is CC=C(C)CN1CCC(Oc2ccc(C(=O)N3CCCCC3)cc2)CC1. The van der Waals surface area contributed by atoms with Crippen LogP contribution >= 0.6 is 0 Å². The average Bonchev–Trinajstić information content (AvgIpc) is 2.70.